The smallest absolute Gasteiger partial charge is 0.250 e. The highest BCUT2D eigenvalue weighted by atomic mass is 16.5. The Balaban J connectivity index is 1.80. The normalized spacial score (nSPS) is 10.5. The Labute approximate surface area is 125 Å². The third-order valence-electron chi connectivity index (χ3n) is 3.25. The minimum absolute atomic E-state index is 0.0457. The van der Waals surface area contributed by atoms with E-state index in [0.29, 0.717) is 17.0 Å². The summed E-state index contributed by atoms with van der Waals surface area (Å²) in [5, 5.41) is 7.37. The van der Waals surface area contributed by atoms with Gasteiger partial charge >= 0.3 is 0 Å². The minimum Gasteiger partial charge on any atom is -0.366 e. The number of carbonyl (C=O) groups excluding carboxylic acids is 2. The third-order valence-corrected chi connectivity index (χ3v) is 3.25. The average molecular weight is 295 g/mol. The molecule has 0 atom stereocenters. The van der Waals surface area contributed by atoms with E-state index in [2.05, 4.69) is 10.5 Å². The molecule has 1 aromatic heterocycles. The quantitative estimate of drug-likeness (QED) is 0.770. The number of nitrogens with one attached hydrogen (secondary N) is 1. The number of aromatic nitrogens is 1. The average Bonchev–Trinajstić information content (AvgIpc) is 2.91. The third kappa shape index (κ3) is 2.67. The zero-order chi connectivity index (χ0) is 15.5. The fourth-order valence-electron chi connectivity index (χ4n) is 2.22. The van der Waals surface area contributed by atoms with Gasteiger partial charge in [-0.15, -0.1) is 0 Å². The SMILES string of the molecule is NC(=O)c1ccccc1NC(=O)Cc1noc2ccccc12. The number of para-hydroxylation sites is 2. The van der Waals surface area contributed by atoms with Crippen LogP contribution < -0.4 is 11.1 Å². The summed E-state index contributed by atoms with van der Waals surface area (Å²) in [5.74, 6) is -0.893. The molecule has 6 nitrogen and oxygen atoms in total. The van der Waals surface area contributed by atoms with Crippen LogP contribution in [0.2, 0.25) is 0 Å². The van der Waals surface area contributed by atoms with E-state index in [1.165, 1.54) is 0 Å². The van der Waals surface area contributed by atoms with Crippen molar-refractivity contribution < 1.29 is 14.1 Å². The van der Waals surface area contributed by atoms with Crippen molar-refractivity contribution in [1.82, 2.24) is 5.16 Å². The molecule has 0 bridgehead atoms. The molecule has 0 radical (unpaired) electrons. The number of hydrogen-bond donors (Lipinski definition) is 2. The molecule has 0 unspecified atom stereocenters. The number of hydrogen-bond acceptors (Lipinski definition) is 4. The van der Waals surface area contributed by atoms with Gasteiger partial charge in [-0.1, -0.05) is 29.4 Å². The van der Waals surface area contributed by atoms with Crippen LogP contribution in [0.5, 0.6) is 0 Å². The summed E-state index contributed by atoms with van der Waals surface area (Å²) in [6, 6.07) is 13.9. The Hall–Kier alpha value is -3.15. The number of amides is 2. The van der Waals surface area contributed by atoms with Gasteiger partial charge in [-0.2, -0.15) is 0 Å². The predicted molar refractivity (Wildman–Crippen MR) is 81.3 cm³/mol. The summed E-state index contributed by atoms with van der Waals surface area (Å²) >= 11 is 0. The number of nitrogens with zero attached hydrogens (tertiary/aromatic N) is 1. The molecule has 0 aliphatic rings. The lowest BCUT2D eigenvalue weighted by atomic mass is 10.1. The topological polar surface area (TPSA) is 98.2 Å². The summed E-state index contributed by atoms with van der Waals surface area (Å²) in [6.07, 6.45) is 0.0457. The summed E-state index contributed by atoms with van der Waals surface area (Å²) in [6.45, 7) is 0. The largest absolute Gasteiger partial charge is 0.366 e. The maximum Gasteiger partial charge on any atom is 0.250 e. The molecule has 3 rings (SSSR count). The van der Waals surface area contributed by atoms with Crippen molar-refractivity contribution in [2.75, 3.05) is 5.32 Å². The molecule has 2 amide bonds. The van der Waals surface area contributed by atoms with Crippen LogP contribution in [-0.2, 0) is 11.2 Å². The van der Waals surface area contributed by atoms with Crippen LogP contribution in [0.25, 0.3) is 11.0 Å². The second-order valence-corrected chi connectivity index (χ2v) is 4.76. The molecule has 3 N–H and O–H groups in total. The van der Waals surface area contributed by atoms with Crippen molar-refractivity contribution in [2.45, 2.75) is 6.42 Å². The zero-order valence-electron chi connectivity index (χ0n) is 11.6. The van der Waals surface area contributed by atoms with E-state index in [-0.39, 0.29) is 17.9 Å². The second kappa shape index (κ2) is 5.69. The lowest BCUT2D eigenvalue weighted by Crippen LogP contribution is -2.19. The first-order chi connectivity index (χ1) is 10.6. The number of rotatable bonds is 4. The van der Waals surface area contributed by atoms with E-state index >= 15 is 0 Å². The number of primary amides is 1. The molecule has 3 aromatic rings. The monoisotopic (exact) mass is 295 g/mol. The van der Waals surface area contributed by atoms with Crippen molar-refractivity contribution in [3.8, 4) is 0 Å². The van der Waals surface area contributed by atoms with Gasteiger partial charge in [0.1, 0.15) is 5.69 Å². The number of anilines is 1. The van der Waals surface area contributed by atoms with Crippen LogP contribution in [0, 0.1) is 0 Å². The Morgan fingerprint density at radius 2 is 1.82 bits per heavy atom. The molecule has 0 aliphatic carbocycles. The molecule has 0 saturated carbocycles. The van der Waals surface area contributed by atoms with Crippen molar-refractivity contribution in [3.63, 3.8) is 0 Å². The van der Waals surface area contributed by atoms with Crippen LogP contribution >= 0.6 is 0 Å². The summed E-state index contributed by atoms with van der Waals surface area (Å²) < 4.78 is 5.16. The van der Waals surface area contributed by atoms with E-state index in [1.807, 2.05) is 18.2 Å². The van der Waals surface area contributed by atoms with Gasteiger partial charge in [-0.05, 0) is 24.3 Å². The summed E-state index contributed by atoms with van der Waals surface area (Å²) in [4.78, 5) is 23.5. The molecular weight excluding hydrogens is 282 g/mol. The minimum atomic E-state index is -0.595. The van der Waals surface area contributed by atoms with Crippen molar-refractivity contribution in [3.05, 3.63) is 59.8 Å². The van der Waals surface area contributed by atoms with Gasteiger partial charge < -0.3 is 15.6 Å². The van der Waals surface area contributed by atoms with Crippen LogP contribution in [0.1, 0.15) is 16.1 Å². The van der Waals surface area contributed by atoms with Gasteiger partial charge in [-0.25, -0.2) is 0 Å². The molecule has 0 saturated heterocycles. The van der Waals surface area contributed by atoms with Gasteiger partial charge in [0.15, 0.2) is 5.58 Å². The fourth-order valence-corrected chi connectivity index (χ4v) is 2.22. The van der Waals surface area contributed by atoms with Gasteiger partial charge in [0, 0.05) is 5.39 Å². The Morgan fingerprint density at radius 1 is 1.09 bits per heavy atom. The lowest BCUT2D eigenvalue weighted by molar-refractivity contribution is -0.115. The van der Waals surface area contributed by atoms with Crippen molar-refractivity contribution >= 4 is 28.5 Å². The molecule has 6 heteroatoms. The number of benzene rings is 2. The molecule has 0 aliphatic heterocycles. The van der Waals surface area contributed by atoms with Crippen molar-refractivity contribution in [2.24, 2.45) is 5.73 Å². The van der Waals surface area contributed by atoms with Crippen LogP contribution in [0.4, 0.5) is 5.69 Å². The molecule has 22 heavy (non-hydrogen) atoms. The standard InChI is InChI=1S/C16H13N3O3/c17-16(21)11-6-1-3-7-12(11)18-15(20)9-13-10-5-2-4-8-14(10)22-19-13/h1-8H,9H2,(H2,17,21)(H,18,20). The van der Waals surface area contributed by atoms with Gasteiger partial charge in [-0.3, -0.25) is 9.59 Å². The number of fused-ring (bicyclic) bond motifs is 1. The molecule has 110 valence electrons. The first-order valence-electron chi connectivity index (χ1n) is 6.67. The Bertz CT molecular complexity index is 854. The lowest BCUT2D eigenvalue weighted by Gasteiger charge is -2.07. The van der Waals surface area contributed by atoms with Gasteiger partial charge in [0.25, 0.3) is 5.91 Å². The van der Waals surface area contributed by atoms with E-state index in [9.17, 15) is 9.59 Å². The van der Waals surface area contributed by atoms with Crippen LogP contribution in [0.3, 0.4) is 0 Å². The first kappa shape index (κ1) is 13.8. The van der Waals surface area contributed by atoms with Crippen molar-refractivity contribution in [1.29, 1.82) is 0 Å². The molecule has 2 aromatic carbocycles. The fraction of sp³-hybridized carbons (Fsp3) is 0.0625. The van der Waals surface area contributed by atoms with E-state index in [1.54, 1.807) is 30.3 Å². The first-order valence-corrected chi connectivity index (χ1v) is 6.67. The van der Waals surface area contributed by atoms with E-state index in [0.717, 1.165) is 5.39 Å². The second-order valence-electron chi connectivity index (χ2n) is 4.76. The highest BCUT2D eigenvalue weighted by Gasteiger charge is 2.14. The Morgan fingerprint density at radius 3 is 2.64 bits per heavy atom. The zero-order valence-corrected chi connectivity index (χ0v) is 11.6. The van der Waals surface area contributed by atoms with Gasteiger partial charge in [0.2, 0.25) is 5.91 Å². The highest BCUT2D eigenvalue weighted by molar-refractivity contribution is 6.03. The Kier molecular flexibility index (Phi) is 3.57. The number of nitrogens with two attached hydrogens (primary N) is 1. The molecular formula is C16H13N3O3. The maximum absolute atomic E-state index is 12.2. The van der Waals surface area contributed by atoms with Crippen LogP contribution in [0.15, 0.2) is 53.1 Å². The maximum atomic E-state index is 12.2. The van der Waals surface area contributed by atoms with Crippen LogP contribution in [-0.4, -0.2) is 17.0 Å². The van der Waals surface area contributed by atoms with E-state index < -0.39 is 5.91 Å². The summed E-state index contributed by atoms with van der Waals surface area (Å²) in [5.41, 5.74) is 7.10. The highest BCUT2D eigenvalue weighted by Crippen LogP contribution is 2.19. The molecule has 1 heterocycles. The summed E-state index contributed by atoms with van der Waals surface area (Å²) in [7, 11) is 0. The molecule has 0 fully saturated rings. The molecule has 0 spiro atoms. The predicted octanol–water partition coefficient (Wildman–Crippen LogP) is 2.11. The number of carbonyl (C=O) groups is 2. The van der Waals surface area contributed by atoms with E-state index in [4.69, 9.17) is 10.3 Å². The van der Waals surface area contributed by atoms with Gasteiger partial charge in [0.05, 0.1) is 17.7 Å².